The second-order valence-corrected chi connectivity index (χ2v) is 4.37. The standard InChI is InChI=1S/C12H11ClN4O2/c1-6-10(14)11(17-12(13)15-6)16-7-2-3-8-9(4-7)19-5-18-8/h2-4H,5,14H2,1H3,(H,15,16,17). The third-order valence-electron chi connectivity index (χ3n) is 2.74. The summed E-state index contributed by atoms with van der Waals surface area (Å²) in [6.07, 6.45) is 0. The Morgan fingerprint density at radius 2 is 2.05 bits per heavy atom. The lowest BCUT2D eigenvalue weighted by molar-refractivity contribution is 0.174. The van der Waals surface area contributed by atoms with Crippen LogP contribution < -0.4 is 20.5 Å². The van der Waals surface area contributed by atoms with Gasteiger partial charge in [0.1, 0.15) is 0 Å². The molecule has 98 valence electrons. The maximum atomic E-state index is 5.91. The van der Waals surface area contributed by atoms with Gasteiger partial charge >= 0.3 is 0 Å². The van der Waals surface area contributed by atoms with Gasteiger partial charge in [0, 0.05) is 11.8 Å². The van der Waals surface area contributed by atoms with Crippen molar-refractivity contribution in [2.75, 3.05) is 17.8 Å². The number of fused-ring (bicyclic) bond motifs is 1. The molecule has 1 aliphatic heterocycles. The van der Waals surface area contributed by atoms with Crippen molar-refractivity contribution in [2.24, 2.45) is 0 Å². The van der Waals surface area contributed by atoms with E-state index in [0.717, 1.165) is 11.4 Å². The highest BCUT2D eigenvalue weighted by Gasteiger charge is 2.14. The minimum atomic E-state index is 0.148. The number of halogens is 1. The number of nitrogens with zero attached hydrogens (tertiary/aromatic N) is 2. The molecule has 1 aromatic heterocycles. The summed E-state index contributed by atoms with van der Waals surface area (Å²) < 4.78 is 10.5. The van der Waals surface area contributed by atoms with Crippen LogP contribution in [0.2, 0.25) is 5.28 Å². The van der Waals surface area contributed by atoms with Crippen LogP contribution in [-0.2, 0) is 0 Å². The summed E-state index contributed by atoms with van der Waals surface area (Å²) in [5.41, 5.74) is 7.78. The second kappa shape index (κ2) is 4.47. The molecule has 0 aliphatic carbocycles. The van der Waals surface area contributed by atoms with E-state index in [1.54, 1.807) is 6.92 Å². The van der Waals surface area contributed by atoms with Crippen LogP contribution >= 0.6 is 11.6 Å². The zero-order valence-corrected chi connectivity index (χ0v) is 10.9. The molecule has 0 fully saturated rings. The number of nitrogens with two attached hydrogens (primary N) is 1. The van der Waals surface area contributed by atoms with E-state index in [1.165, 1.54) is 0 Å². The van der Waals surface area contributed by atoms with Crippen LogP contribution in [0.4, 0.5) is 17.2 Å². The summed E-state index contributed by atoms with van der Waals surface area (Å²) in [7, 11) is 0. The van der Waals surface area contributed by atoms with Crippen LogP contribution in [0.3, 0.4) is 0 Å². The molecule has 0 unspecified atom stereocenters. The van der Waals surface area contributed by atoms with E-state index >= 15 is 0 Å². The fraction of sp³-hybridized carbons (Fsp3) is 0.167. The summed E-state index contributed by atoms with van der Waals surface area (Å²) in [5.74, 6) is 1.87. The predicted octanol–water partition coefficient (Wildman–Crippen LogP) is 2.49. The first kappa shape index (κ1) is 11.9. The van der Waals surface area contributed by atoms with Crippen LogP contribution in [0.1, 0.15) is 5.69 Å². The fourth-order valence-corrected chi connectivity index (χ4v) is 1.97. The molecule has 3 rings (SSSR count). The topological polar surface area (TPSA) is 82.3 Å². The van der Waals surface area contributed by atoms with Gasteiger partial charge in [-0.25, -0.2) is 4.98 Å². The molecule has 0 radical (unpaired) electrons. The maximum Gasteiger partial charge on any atom is 0.231 e. The molecule has 6 nitrogen and oxygen atoms in total. The predicted molar refractivity (Wildman–Crippen MR) is 72.0 cm³/mol. The lowest BCUT2D eigenvalue weighted by Gasteiger charge is -2.10. The summed E-state index contributed by atoms with van der Waals surface area (Å²) in [6, 6.07) is 5.47. The van der Waals surface area contributed by atoms with E-state index in [0.29, 0.717) is 22.9 Å². The summed E-state index contributed by atoms with van der Waals surface area (Å²) in [6.45, 7) is 2.01. The van der Waals surface area contributed by atoms with Crippen molar-refractivity contribution in [1.82, 2.24) is 9.97 Å². The fourth-order valence-electron chi connectivity index (χ4n) is 1.75. The van der Waals surface area contributed by atoms with Gasteiger partial charge in [-0.05, 0) is 30.7 Å². The maximum absolute atomic E-state index is 5.91. The van der Waals surface area contributed by atoms with Gasteiger partial charge in [-0.2, -0.15) is 4.98 Å². The monoisotopic (exact) mass is 278 g/mol. The number of aromatic nitrogens is 2. The van der Waals surface area contributed by atoms with Gasteiger partial charge in [0.25, 0.3) is 0 Å². The Balaban J connectivity index is 1.93. The first-order valence-electron chi connectivity index (χ1n) is 5.60. The molecule has 2 aromatic rings. The number of aryl methyl sites for hydroxylation is 1. The highest BCUT2D eigenvalue weighted by Crippen LogP contribution is 2.35. The third-order valence-corrected chi connectivity index (χ3v) is 2.91. The molecule has 0 amide bonds. The molecule has 0 saturated heterocycles. The highest BCUT2D eigenvalue weighted by molar-refractivity contribution is 6.28. The molecule has 2 heterocycles. The Labute approximate surface area is 114 Å². The molecule has 19 heavy (non-hydrogen) atoms. The van der Waals surface area contributed by atoms with E-state index in [4.69, 9.17) is 26.8 Å². The molecule has 0 spiro atoms. The third kappa shape index (κ3) is 2.22. The summed E-state index contributed by atoms with van der Waals surface area (Å²) in [5, 5.41) is 3.24. The zero-order chi connectivity index (χ0) is 13.4. The number of nitrogen functional groups attached to an aromatic ring is 1. The second-order valence-electron chi connectivity index (χ2n) is 4.03. The molecular weight excluding hydrogens is 268 g/mol. The van der Waals surface area contributed by atoms with E-state index < -0.39 is 0 Å². The Morgan fingerprint density at radius 1 is 1.26 bits per heavy atom. The Morgan fingerprint density at radius 3 is 2.89 bits per heavy atom. The molecule has 3 N–H and O–H groups in total. The van der Waals surface area contributed by atoms with Gasteiger partial charge in [-0.3, -0.25) is 0 Å². The van der Waals surface area contributed by atoms with Crippen molar-refractivity contribution < 1.29 is 9.47 Å². The normalized spacial score (nSPS) is 12.5. The average molecular weight is 279 g/mol. The number of nitrogens with one attached hydrogen (secondary N) is 1. The molecule has 0 bridgehead atoms. The highest BCUT2D eigenvalue weighted by atomic mass is 35.5. The SMILES string of the molecule is Cc1nc(Cl)nc(Nc2ccc3c(c2)OCO3)c1N. The Hall–Kier alpha value is -2.21. The lowest BCUT2D eigenvalue weighted by Crippen LogP contribution is -2.03. The first-order valence-corrected chi connectivity index (χ1v) is 5.97. The van der Waals surface area contributed by atoms with Gasteiger partial charge in [0.05, 0.1) is 11.4 Å². The van der Waals surface area contributed by atoms with Crippen LogP contribution in [0.5, 0.6) is 11.5 Å². The lowest BCUT2D eigenvalue weighted by atomic mass is 10.2. The van der Waals surface area contributed by atoms with Crippen LogP contribution in [0, 0.1) is 6.92 Å². The minimum absolute atomic E-state index is 0.148. The molecule has 0 atom stereocenters. The van der Waals surface area contributed by atoms with E-state index in [1.807, 2.05) is 18.2 Å². The first-order chi connectivity index (χ1) is 9.13. The largest absolute Gasteiger partial charge is 0.454 e. The van der Waals surface area contributed by atoms with Crippen molar-refractivity contribution in [1.29, 1.82) is 0 Å². The van der Waals surface area contributed by atoms with Gasteiger partial charge in [-0.15, -0.1) is 0 Å². The molecule has 0 saturated carbocycles. The summed E-state index contributed by atoms with van der Waals surface area (Å²) in [4.78, 5) is 8.05. The average Bonchev–Trinajstić information content (AvgIpc) is 2.82. The Kier molecular flexibility index (Phi) is 2.79. The number of ether oxygens (including phenoxy) is 2. The number of hydrogen-bond donors (Lipinski definition) is 2. The van der Waals surface area contributed by atoms with E-state index in [2.05, 4.69) is 15.3 Å². The molecule has 7 heteroatoms. The molecule has 1 aliphatic rings. The Bertz CT molecular complexity index is 648. The van der Waals surface area contributed by atoms with E-state index in [-0.39, 0.29) is 12.1 Å². The van der Waals surface area contributed by atoms with E-state index in [9.17, 15) is 0 Å². The smallest absolute Gasteiger partial charge is 0.231 e. The molecule has 1 aromatic carbocycles. The number of anilines is 3. The minimum Gasteiger partial charge on any atom is -0.454 e. The number of hydrogen-bond acceptors (Lipinski definition) is 6. The van der Waals surface area contributed by atoms with Crippen molar-refractivity contribution in [3.05, 3.63) is 29.2 Å². The molecular formula is C12H11ClN4O2. The van der Waals surface area contributed by atoms with Crippen molar-refractivity contribution >= 4 is 28.8 Å². The summed E-state index contributed by atoms with van der Waals surface area (Å²) >= 11 is 5.82. The zero-order valence-electron chi connectivity index (χ0n) is 10.1. The van der Waals surface area contributed by atoms with Crippen LogP contribution in [-0.4, -0.2) is 16.8 Å². The van der Waals surface area contributed by atoms with Crippen LogP contribution in [0.25, 0.3) is 0 Å². The number of rotatable bonds is 2. The van der Waals surface area contributed by atoms with Crippen molar-refractivity contribution in [3.8, 4) is 11.5 Å². The van der Waals surface area contributed by atoms with Gasteiger partial charge in [0.15, 0.2) is 17.3 Å². The van der Waals surface area contributed by atoms with Crippen LogP contribution in [0.15, 0.2) is 18.2 Å². The number of benzene rings is 1. The van der Waals surface area contributed by atoms with Crippen molar-refractivity contribution in [2.45, 2.75) is 6.92 Å². The van der Waals surface area contributed by atoms with Gasteiger partial charge < -0.3 is 20.5 Å². The van der Waals surface area contributed by atoms with Gasteiger partial charge in [-0.1, -0.05) is 0 Å². The van der Waals surface area contributed by atoms with Gasteiger partial charge in [0.2, 0.25) is 12.1 Å². The quantitative estimate of drug-likeness (QED) is 0.821. The van der Waals surface area contributed by atoms with Crippen molar-refractivity contribution in [3.63, 3.8) is 0 Å².